The van der Waals surface area contributed by atoms with Gasteiger partial charge in [-0.25, -0.2) is 0 Å². The van der Waals surface area contributed by atoms with Crippen molar-refractivity contribution in [1.82, 2.24) is 4.90 Å². The first-order valence-corrected chi connectivity index (χ1v) is 6.11. The Balaban J connectivity index is 2.86. The smallest absolute Gasteiger partial charge is 0.257 e. The molecule has 6 nitrogen and oxygen atoms in total. The molecule has 19 heavy (non-hydrogen) atoms. The predicted octanol–water partition coefficient (Wildman–Crippen LogP) is 1.64. The van der Waals surface area contributed by atoms with E-state index in [1.54, 1.807) is 6.92 Å². The normalized spacial score (nSPS) is 11.4. The van der Waals surface area contributed by atoms with E-state index in [2.05, 4.69) is 5.16 Å². The van der Waals surface area contributed by atoms with Crippen molar-refractivity contribution in [1.29, 1.82) is 0 Å². The Labute approximate surface area is 116 Å². The van der Waals surface area contributed by atoms with Gasteiger partial charge in [-0.1, -0.05) is 16.8 Å². The number of oxime groups is 1. The van der Waals surface area contributed by atoms with Crippen LogP contribution in [0.2, 0.25) is 5.02 Å². The number of rotatable bonds is 5. The molecule has 0 spiro atoms. The molecule has 0 saturated heterocycles. The zero-order valence-corrected chi connectivity index (χ0v) is 11.3. The summed E-state index contributed by atoms with van der Waals surface area (Å²) in [6.45, 7) is 2.52. The summed E-state index contributed by atoms with van der Waals surface area (Å²) in [4.78, 5) is 13.7. The van der Waals surface area contributed by atoms with Gasteiger partial charge in [0.2, 0.25) is 0 Å². The molecule has 1 aromatic rings. The zero-order chi connectivity index (χ0) is 14.4. The van der Waals surface area contributed by atoms with Gasteiger partial charge in [0.25, 0.3) is 5.91 Å². The van der Waals surface area contributed by atoms with E-state index in [9.17, 15) is 9.90 Å². The number of carbonyl (C=O) groups excluding carboxylic acids is 1. The molecule has 0 fully saturated rings. The minimum absolute atomic E-state index is 0.0431. The highest BCUT2D eigenvalue weighted by Gasteiger charge is 2.18. The fourth-order valence-corrected chi connectivity index (χ4v) is 1.72. The summed E-state index contributed by atoms with van der Waals surface area (Å²) in [6, 6.07) is 4.28. The second kappa shape index (κ2) is 6.84. The number of hydrogen-bond donors (Lipinski definition) is 3. The number of nitrogens with zero attached hydrogens (tertiary/aromatic N) is 2. The van der Waals surface area contributed by atoms with E-state index in [0.717, 1.165) is 0 Å². The van der Waals surface area contributed by atoms with Crippen LogP contribution in [-0.4, -0.2) is 40.0 Å². The van der Waals surface area contributed by atoms with Gasteiger partial charge in [-0.2, -0.15) is 0 Å². The lowest BCUT2D eigenvalue weighted by molar-refractivity contribution is 0.0765. The summed E-state index contributed by atoms with van der Waals surface area (Å²) >= 11 is 5.80. The fourth-order valence-electron chi connectivity index (χ4n) is 1.55. The monoisotopic (exact) mass is 285 g/mol. The summed E-state index contributed by atoms with van der Waals surface area (Å²) in [7, 11) is 0. The first-order chi connectivity index (χ1) is 8.99. The van der Waals surface area contributed by atoms with E-state index >= 15 is 0 Å². The molecule has 4 N–H and O–H groups in total. The molecule has 7 heteroatoms. The highest BCUT2D eigenvalue weighted by Crippen LogP contribution is 2.23. The van der Waals surface area contributed by atoms with Crippen LogP contribution < -0.4 is 5.73 Å². The lowest BCUT2D eigenvalue weighted by atomic mass is 10.1. The number of halogens is 1. The Morgan fingerprint density at radius 2 is 2.21 bits per heavy atom. The Morgan fingerprint density at radius 3 is 2.79 bits per heavy atom. The van der Waals surface area contributed by atoms with Crippen molar-refractivity contribution < 1.29 is 15.1 Å². The van der Waals surface area contributed by atoms with E-state index in [1.165, 1.54) is 23.1 Å². The van der Waals surface area contributed by atoms with Gasteiger partial charge in [0.1, 0.15) is 11.6 Å². The van der Waals surface area contributed by atoms with Crippen LogP contribution in [0.5, 0.6) is 5.75 Å². The number of phenols is 1. The van der Waals surface area contributed by atoms with E-state index in [0.29, 0.717) is 11.6 Å². The van der Waals surface area contributed by atoms with Crippen LogP contribution in [0.4, 0.5) is 0 Å². The quantitative estimate of drug-likeness (QED) is 0.331. The number of amides is 1. The Kier molecular flexibility index (Phi) is 5.44. The SMILES string of the molecule is CCN(CC/C(N)=N/O)C(=O)c1cc(Cl)ccc1O. The lowest BCUT2D eigenvalue weighted by Crippen LogP contribution is -2.34. The standard InChI is InChI=1S/C12H16ClN3O3/c1-2-16(6-5-11(14)15-19)12(18)9-7-8(13)3-4-10(9)17/h3-4,7,17,19H,2,5-6H2,1H3,(H2,14,15). The third kappa shape index (κ3) is 4.03. The maximum Gasteiger partial charge on any atom is 0.257 e. The fraction of sp³-hybridized carbons (Fsp3) is 0.333. The highest BCUT2D eigenvalue weighted by atomic mass is 35.5. The number of carbonyl (C=O) groups is 1. The third-order valence-electron chi connectivity index (χ3n) is 2.62. The van der Waals surface area contributed by atoms with E-state index in [-0.39, 0.29) is 36.0 Å². The van der Waals surface area contributed by atoms with Crippen LogP contribution in [0.25, 0.3) is 0 Å². The molecule has 0 aromatic heterocycles. The molecule has 0 saturated carbocycles. The van der Waals surface area contributed by atoms with Gasteiger partial charge in [0.05, 0.1) is 5.56 Å². The minimum atomic E-state index is -0.353. The minimum Gasteiger partial charge on any atom is -0.507 e. The summed E-state index contributed by atoms with van der Waals surface area (Å²) in [5.74, 6) is -0.438. The second-order valence-corrected chi connectivity index (χ2v) is 4.32. The van der Waals surface area contributed by atoms with Crippen molar-refractivity contribution in [3.8, 4) is 5.75 Å². The average molecular weight is 286 g/mol. The molecule has 104 valence electrons. The molecule has 0 atom stereocenters. The average Bonchev–Trinajstić information content (AvgIpc) is 2.41. The van der Waals surface area contributed by atoms with Gasteiger partial charge in [0.15, 0.2) is 0 Å². The van der Waals surface area contributed by atoms with Gasteiger partial charge < -0.3 is 20.9 Å². The lowest BCUT2D eigenvalue weighted by Gasteiger charge is -2.21. The Hall–Kier alpha value is -1.95. The molecule has 0 bridgehead atoms. The number of nitrogens with two attached hydrogens (primary N) is 1. The molecule has 1 aromatic carbocycles. The molecule has 1 rings (SSSR count). The Bertz CT molecular complexity index is 491. The molecular formula is C12H16ClN3O3. The van der Waals surface area contributed by atoms with Crippen LogP contribution in [0.1, 0.15) is 23.7 Å². The molecule has 0 aliphatic heterocycles. The van der Waals surface area contributed by atoms with Crippen LogP contribution in [0.3, 0.4) is 0 Å². The number of phenolic OH excluding ortho intramolecular Hbond substituents is 1. The summed E-state index contributed by atoms with van der Waals surface area (Å²) in [5.41, 5.74) is 5.49. The largest absolute Gasteiger partial charge is 0.507 e. The third-order valence-corrected chi connectivity index (χ3v) is 2.86. The molecule has 0 unspecified atom stereocenters. The summed E-state index contributed by atoms with van der Waals surface area (Å²) in [6.07, 6.45) is 0.247. The summed E-state index contributed by atoms with van der Waals surface area (Å²) in [5, 5.41) is 21.4. The van der Waals surface area contributed by atoms with Gasteiger partial charge in [-0.15, -0.1) is 0 Å². The maximum atomic E-state index is 12.2. The molecule has 1 amide bonds. The predicted molar refractivity (Wildman–Crippen MR) is 72.7 cm³/mol. The van der Waals surface area contributed by atoms with Gasteiger partial charge in [-0.05, 0) is 25.1 Å². The number of benzene rings is 1. The first-order valence-electron chi connectivity index (χ1n) is 5.73. The molecule has 0 heterocycles. The van der Waals surface area contributed by atoms with Gasteiger partial charge in [0, 0.05) is 24.5 Å². The number of hydrogen-bond acceptors (Lipinski definition) is 4. The number of aromatic hydroxyl groups is 1. The molecule has 0 aliphatic carbocycles. The van der Waals surface area contributed by atoms with E-state index in [1.807, 2.05) is 0 Å². The maximum absolute atomic E-state index is 12.2. The Morgan fingerprint density at radius 1 is 1.53 bits per heavy atom. The van der Waals surface area contributed by atoms with Crippen molar-refractivity contribution in [3.05, 3.63) is 28.8 Å². The molecule has 0 aliphatic rings. The van der Waals surface area contributed by atoms with Crippen LogP contribution in [-0.2, 0) is 0 Å². The van der Waals surface area contributed by atoms with Gasteiger partial charge in [-0.3, -0.25) is 4.79 Å². The van der Waals surface area contributed by atoms with Crippen LogP contribution in [0.15, 0.2) is 23.4 Å². The number of amidine groups is 1. The topological polar surface area (TPSA) is 99.1 Å². The van der Waals surface area contributed by atoms with Crippen molar-refractivity contribution in [3.63, 3.8) is 0 Å². The van der Waals surface area contributed by atoms with E-state index in [4.69, 9.17) is 22.5 Å². The van der Waals surface area contributed by atoms with Crippen molar-refractivity contribution >= 4 is 23.3 Å². The van der Waals surface area contributed by atoms with Crippen molar-refractivity contribution in [2.75, 3.05) is 13.1 Å². The van der Waals surface area contributed by atoms with E-state index < -0.39 is 0 Å². The first kappa shape index (κ1) is 15.1. The van der Waals surface area contributed by atoms with Crippen molar-refractivity contribution in [2.45, 2.75) is 13.3 Å². The summed E-state index contributed by atoms with van der Waals surface area (Å²) < 4.78 is 0. The van der Waals surface area contributed by atoms with Crippen molar-refractivity contribution in [2.24, 2.45) is 10.9 Å². The van der Waals surface area contributed by atoms with Crippen LogP contribution >= 0.6 is 11.6 Å². The van der Waals surface area contributed by atoms with Crippen LogP contribution in [0, 0.1) is 0 Å². The second-order valence-electron chi connectivity index (χ2n) is 3.89. The van der Waals surface area contributed by atoms with Gasteiger partial charge >= 0.3 is 0 Å². The molecule has 0 radical (unpaired) electrons. The molecular weight excluding hydrogens is 270 g/mol. The zero-order valence-electron chi connectivity index (χ0n) is 10.5. The highest BCUT2D eigenvalue weighted by molar-refractivity contribution is 6.31.